The van der Waals surface area contributed by atoms with Crippen LogP contribution in [0.2, 0.25) is 0 Å². The van der Waals surface area contributed by atoms with Crippen molar-refractivity contribution in [2.45, 2.75) is 6.92 Å². The minimum atomic E-state index is -0.672. The standard InChI is InChI=1S/C13H14N2O4/c1-3-11(16)15-13(18)14-10-7-5-9(6-8-10)12(17)19-4-2/h3,5-8H,1,4H2,2H3,(H2,14,15,16,18). The Balaban J connectivity index is 2.61. The lowest BCUT2D eigenvalue weighted by molar-refractivity contribution is -0.115. The van der Waals surface area contributed by atoms with Crippen LogP contribution in [-0.2, 0) is 9.53 Å². The van der Waals surface area contributed by atoms with Gasteiger partial charge in [0.05, 0.1) is 12.2 Å². The summed E-state index contributed by atoms with van der Waals surface area (Å²) in [5.74, 6) is -1.03. The third-order valence-electron chi connectivity index (χ3n) is 2.08. The van der Waals surface area contributed by atoms with Gasteiger partial charge in [0, 0.05) is 5.69 Å². The minimum Gasteiger partial charge on any atom is -0.462 e. The number of ether oxygens (including phenoxy) is 1. The first-order chi connectivity index (χ1) is 9.06. The number of imide groups is 1. The van der Waals surface area contributed by atoms with Gasteiger partial charge in [0.2, 0.25) is 0 Å². The predicted octanol–water partition coefficient (Wildman–Crippen LogP) is 1.70. The van der Waals surface area contributed by atoms with Crippen LogP contribution in [0.4, 0.5) is 10.5 Å². The highest BCUT2D eigenvalue weighted by Gasteiger charge is 2.07. The third-order valence-corrected chi connectivity index (χ3v) is 2.08. The fraction of sp³-hybridized carbons (Fsp3) is 0.154. The molecule has 3 amide bonds. The van der Waals surface area contributed by atoms with Gasteiger partial charge in [-0.2, -0.15) is 0 Å². The summed E-state index contributed by atoms with van der Waals surface area (Å²) in [6.07, 6.45) is 0.990. The first-order valence-corrected chi connectivity index (χ1v) is 5.58. The summed E-state index contributed by atoms with van der Waals surface area (Å²) in [6.45, 7) is 5.24. The number of urea groups is 1. The number of esters is 1. The van der Waals surface area contributed by atoms with Gasteiger partial charge in [-0.05, 0) is 37.3 Å². The maximum Gasteiger partial charge on any atom is 0.338 e. The van der Waals surface area contributed by atoms with E-state index in [4.69, 9.17) is 4.74 Å². The summed E-state index contributed by atoms with van der Waals surface area (Å²) in [7, 11) is 0. The summed E-state index contributed by atoms with van der Waals surface area (Å²) < 4.78 is 4.82. The third kappa shape index (κ3) is 4.63. The summed E-state index contributed by atoms with van der Waals surface area (Å²) in [4.78, 5) is 33.6. The summed E-state index contributed by atoms with van der Waals surface area (Å²) >= 11 is 0. The first-order valence-electron chi connectivity index (χ1n) is 5.58. The normalized spacial score (nSPS) is 9.32. The number of amides is 3. The molecule has 1 aromatic rings. The van der Waals surface area contributed by atoms with Gasteiger partial charge < -0.3 is 10.1 Å². The van der Waals surface area contributed by atoms with Crippen molar-refractivity contribution in [2.75, 3.05) is 11.9 Å². The molecule has 0 fully saturated rings. The smallest absolute Gasteiger partial charge is 0.338 e. The molecule has 0 saturated carbocycles. The van der Waals surface area contributed by atoms with Crippen molar-refractivity contribution in [3.8, 4) is 0 Å². The van der Waals surface area contributed by atoms with Crippen molar-refractivity contribution < 1.29 is 19.1 Å². The molecule has 0 aliphatic carbocycles. The topological polar surface area (TPSA) is 84.5 Å². The lowest BCUT2D eigenvalue weighted by atomic mass is 10.2. The van der Waals surface area contributed by atoms with Crippen LogP contribution < -0.4 is 10.6 Å². The van der Waals surface area contributed by atoms with Crippen LogP contribution in [0, 0.1) is 0 Å². The fourth-order valence-electron chi connectivity index (χ4n) is 1.23. The molecule has 1 rings (SSSR count). The predicted molar refractivity (Wildman–Crippen MR) is 69.8 cm³/mol. The zero-order valence-electron chi connectivity index (χ0n) is 10.4. The average molecular weight is 262 g/mol. The highest BCUT2D eigenvalue weighted by atomic mass is 16.5. The Morgan fingerprint density at radius 1 is 1.26 bits per heavy atom. The SMILES string of the molecule is C=CC(=O)NC(=O)Nc1ccc(C(=O)OCC)cc1. The van der Waals surface area contributed by atoms with Crippen LogP contribution in [-0.4, -0.2) is 24.5 Å². The Morgan fingerprint density at radius 2 is 1.89 bits per heavy atom. The van der Waals surface area contributed by atoms with E-state index >= 15 is 0 Å². The first kappa shape index (κ1) is 14.4. The van der Waals surface area contributed by atoms with Crippen LogP contribution in [0.1, 0.15) is 17.3 Å². The van der Waals surface area contributed by atoms with Crippen LogP contribution in [0.25, 0.3) is 0 Å². The van der Waals surface area contributed by atoms with Crippen molar-refractivity contribution in [1.29, 1.82) is 0 Å². The molecule has 0 bridgehead atoms. The van der Waals surface area contributed by atoms with Gasteiger partial charge in [-0.25, -0.2) is 9.59 Å². The van der Waals surface area contributed by atoms with Crippen molar-refractivity contribution in [3.05, 3.63) is 42.5 Å². The van der Waals surface area contributed by atoms with E-state index < -0.39 is 17.9 Å². The number of hydrogen-bond donors (Lipinski definition) is 2. The molecule has 2 N–H and O–H groups in total. The van der Waals surface area contributed by atoms with Gasteiger partial charge in [0.15, 0.2) is 0 Å². The number of carbonyl (C=O) groups is 3. The van der Waals surface area contributed by atoms with E-state index in [2.05, 4.69) is 11.9 Å². The second-order valence-corrected chi connectivity index (χ2v) is 3.45. The van der Waals surface area contributed by atoms with Crippen molar-refractivity contribution in [2.24, 2.45) is 0 Å². The van der Waals surface area contributed by atoms with Crippen LogP contribution in [0.15, 0.2) is 36.9 Å². The molecule has 100 valence electrons. The molecule has 6 heteroatoms. The molecule has 0 aliphatic rings. The van der Waals surface area contributed by atoms with E-state index in [-0.39, 0.29) is 0 Å². The fourth-order valence-corrected chi connectivity index (χ4v) is 1.23. The molecule has 0 unspecified atom stereocenters. The molecular weight excluding hydrogens is 248 g/mol. The second-order valence-electron chi connectivity index (χ2n) is 3.45. The number of hydrogen-bond acceptors (Lipinski definition) is 4. The Kier molecular flexibility index (Phi) is 5.28. The summed E-state index contributed by atoms with van der Waals surface area (Å²) in [6, 6.07) is 5.43. The number of anilines is 1. The molecule has 0 radical (unpaired) electrons. The Hall–Kier alpha value is -2.63. The van der Waals surface area contributed by atoms with Crippen molar-refractivity contribution >= 4 is 23.6 Å². The summed E-state index contributed by atoms with van der Waals surface area (Å²) in [5, 5.41) is 4.47. The van der Waals surface area contributed by atoms with E-state index in [0.717, 1.165) is 6.08 Å². The average Bonchev–Trinajstić information content (AvgIpc) is 2.39. The molecule has 6 nitrogen and oxygen atoms in total. The largest absolute Gasteiger partial charge is 0.462 e. The monoisotopic (exact) mass is 262 g/mol. The van der Waals surface area contributed by atoms with E-state index in [1.165, 1.54) is 24.3 Å². The molecular formula is C13H14N2O4. The van der Waals surface area contributed by atoms with Gasteiger partial charge in [-0.1, -0.05) is 6.58 Å². The number of benzene rings is 1. The molecule has 19 heavy (non-hydrogen) atoms. The zero-order chi connectivity index (χ0) is 14.3. The minimum absolute atomic E-state index is 0.297. The van der Waals surface area contributed by atoms with Gasteiger partial charge >= 0.3 is 12.0 Å². The quantitative estimate of drug-likeness (QED) is 0.639. The van der Waals surface area contributed by atoms with Gasteiger partial charge in [0.25, 0.3) is 5.91 Å². The van der Waals surface area contributed by atoms with Crippen LogP contribution in [0.3, 0.4) is 0 Å². The van der Waals surface area contributed by atoms with Gasteiger partial charge in [0.1, 0.15) is 0 Å². The Bertz CT molecular complexity index is 494. The molecule has 0 aromatic heterocycles. The van der Waals surface area contributed by atoms with E-state index in [0.29, 0.717) is 17.9 Å². The number of carbonyl (C=O) groups excluding carboxylic acids is 3. The second kappa shape index (κ2) is 6.95. The van der Waals surface area contributed by atoms with E-state index in [1.807, 2.05) is 5.32 Å². The molecule has 0 heterocycles. The molecule has 1 aromatic carbocycles. The van der Waals surface area contributed by atoms with Gasteiger partial charge in [-0.15, -0.1) is 0 Å². The highest BCUT2D eigenvalue weighted by molar-refractivity contribution is 6.05. The Morgan fingerprint density at radius 3 is 2.42 bits per heavy atom. The van der Waals surface area contributed by atoms with Crippen LogP contribution in [0.5, 0.6) is 0 Å². The van der Waals surface area contributed by atoms with Crippen molar-refractivity contribution in [1.82, 2.24) is 5.32 Å². The molecule has 0 aliphatic heterocycles. The molecule has 0 spiro atoms. The lowest BCUT2D eigenvalue weighted by Crippen LogP contribution is -2.32. The van der Waals surface area contributed by atoms with Gasteiger partial charge in [-0.3, -0.25) is 10.1 Å². The maximum absolute atomic E-state index is 11.4. The van der Waals surface area contributed by atoms with Crippen molar-refractivity contribution in [3.63, 3.8) is 0 Å². The van der Waals surface area contributed by atoms with E-state index in [1.54, 1.807) is 6.92 Å². The van der Waals surface area contributed by atoms with E-state index in [9.17, 15) is 14.4 Å². The number of rotatable bonds is 4. The number of nitrogens with one attached hydrogen (secondary N) is 2. The molecule has 0 saturated heterocycles. The van der Waals surface area contributed by atoms with Crippen LogP contribution >= 0.6 is 0 Å². The lowest BCUT2D eigenvalue weighted by Gasteiger charge is -2.06. The zero-order valence-corrected chi connectivity index (χ0v) is 10.4. The Labute approximate surface area is 110 Å². The highest BCUT2D eigenvalue weighted by Crippen LogP contribution is 2.10. The maximum atomic E-state index is 11.4. The summed E-state index contributed by atoms with van der Waals surface area (Å²) in [5.41, 5.74) is 0.831. The molecule has 0 atom stereocenters.